The number of hydrogen-bond acceptors (Lipinski definition) is 7. The fourth-order valence-corrected chi connectivity index (χ4v) is 3.77. The summed E-state index contributed by atoms with van der Waals surface area (Å²) in [4.78, 5) is 12.6. The van der Waals surface area contributed by atoms with E-state index in [1.54, 1.807) is 19.9 Å². The highest BCUT2D eigenvalue weighted by Crippen LogP contribution is 2.44. The summed E-state index contributed by atoms with van der Waals surface area (Å²) in [7, 11) is 0. The second-order valence-electron chi connectivity index (χ2n) is 5.81. The van der Waals surface area contributed by atoms with Gasteiger partial charge in [-0.2, -0.15) is 5.26 Å². The normalized spacial score (nSPS) is 16.4. The molecule has 0 aliphatic carbocycles. The van der Waals surface area contributed by atoms with E-state index in [-0.39, 0.29) is 23.6 Å². The number of hydrogen-bond donors (Lipinski definition) is 1. The molecule has 1 atom stereocenters. The summed E-state index contributed by atoms with van der Waals surface area (Å²) >= 11 is 2.14. The zero-order valence-corrected chi connectivity index (χ0v) is 18.5. The quantitative estimate of drug-likeness (QED) is 0.451. The van der Waals surface area contributed by atoms with E-state index in [2.05, 4.69) is 28.7 Å². The fraction of sp³-hybridized carbons (Fsp3) is 0.400. The van der Waals surface area contributed by atoms with Gasteiger partial charge in [0.05, 0.1) is 34.9 Å². The van der Waals surface area contributed by atoms with Crippen molar-refractivity contribution in [2.45, 2.75) is 33.6 Å². The van der Waals surface area contributed by atoms with Gasteiger partial charge in [0.15, 0.2) is 11.5 Å². The van der Waals surface area contributed by atoms with E-state index in [1.165, 1.54) is 0 Å². The lowest BCUT2D eigenvalue weighted by Gasteiger charge is -2.27. The van der Waals surface area contributed by atoms with Crippen LogP contribution >= 0.6 is 22.6 Å². The number of allylic oxidation sites excluding steroid dienone is 2. The van der Waals surface area contributed by atoms with Gasteiger partial charge in [-0.1, -0.05) is 0 Å². The van der Waals surface area contributed by atoms with E-state index in [0.717, 1.165) is 3.57 Å². The molecule has 0 radical (unpaired) electrons. The third kappa shape index (κ3) is 4.35. The van der Waals surface area contributed by atoms with Gasteiger partial charge in [-0.25, -0.2) is 4.79 Å². The van der Waals surface area contributed by atoms with Crippen LogP contribution in [0, 0.1) is 14.9 Å². The maximum Gasteiger partial charge on any atom is 0.338 e. The van der Waals surface area contributed by atoms with Crippen LogP contribution in [0.2, 0.25) is 0 Å². The average molecular weight is 498 g/mol. The Morgan fingerprint density at radius 3 is 2.50 bits per heavy atom. The Labute approximate surface area is 178 Å². The molecule has 28 heavy (non-hydrogen) atoms. The highest BCUT2D eigenvalue weighted by atomic mass is 127. The third-order valence-corrected chi connectivity index (χ3v) is 4.86. The van der Waals surface area contributed by atoms with Crippen LogP contribution in [0.5, 0.6) is 11.5 Å². The number of carbonyl (C=O) groups is 1. The van der Waals surface area contributed by atoms with Gasteiger partial charge in [0.25, 0.3) is 0 Å². The number of nitrogens with zero attached hydrogens (tertiary/aromatic N) is 1. The Balaban J connectivity index is 2.70. The van der Waals surface area contributed by atoms with Gasteiger partial charge in [-0.3, -0.25) is 0 Å². The van der Waals surface area contributed by atoms with E-state index in [4.69, 9.17) is 24.7 Å². The summed E-state index contributed by atoms with van der Waals surface area (Å²) < 4.78 is 22.9. The number of nitriles is 1. The molecule has 1 aromatic carbocycles. The van der Waals surface area contributed by atoms with E-state index in [1.807, 2.05) is 19.9 Å². The number of carbonyl (C=O) groups excluding carboxylic acids is 1. The molecule has 0 amide bonds. The van der Waals surface area contributed by atoms with Crippen molar-refractivity contribution in [1.82, 2.24) is 0 Å². The molecule has 1 heterocycles. The standard InChI is InChI=1S/C20H23IN2O5/c1-5-25-15-9-12(8-14(21)18(15)26-6-2)17-13(10-22)19(23)28-11(4)16(17)20(24)27-7-3/h8-9,17H,5-7,23H2,1-4H3. The number of halogens is 1. The van der Waals surface area contributed by atoms with Crippen LogP contribution < -0.4 is 15.2 Å². The van der Waals surface area contributed by atoms with Crippen LogP contribution in [0.25, 0.3) is 0 Å². The molecule has 1 aliphatic rings. The van der Waals surface area contributed by atoms with Crippen molar-refractivity contribution in [3.05, 3.63) is 44.1 Å². The van der Waals surface area contributed by atoms with Crippen LogP contribution in [0.3, 0.4) is 0 Å². The predicted molar refractivity (Wildman–Crippen MR) is 111 cm³/mol. The van der Waals surface area contributed by atoms with E-state index in [0.29, 0.717) is 36.0 Å². The van der Waals surface area contributed by atoms with Crippen molar-refractivity contribution < 1.29 is 23.7 Å². The molecule has 0 spiro atoms. The second kappa shape index (κ2) is 9.68. The summed E-state index contributed by atoms with van der Waals surface area (Å²) in [6.45, 7) is 8.23. The lowest BCUT2D eigenvalue weighted by atomic mass is 9.83. The molecular weight excluding hydrogens is 475 g/mol. The van der Waals surface area contributed by atoms with Crippen LogP contribution in [-0.4, -0.2) is 25.8 Å². The summed E-state index contributed by atoms with van der Waals surface area (Å²) in [6.07, 6.45) is 0. The molecule has 0 bridgehead atoms. The van der Waals surface area contributed by atoms with Gasteiger partial charge < -0.3 is 24.7 Å². The monoisotopic (exact) mass is 498 g/mol. The first-order valence-corrected chi connectivity index (χ1v) is 10.0. The highest BCUT2D eigenvalue weighted by molar-refractivity contribution is 14.1. The zero-order chi connectivity index (χ0) is 20.8. The molecule has 0 saturated carbocycles. The van der Waals surface area contributed by atoms with E-state index in [9.17, 15) is 10.1 Å². The number of rotatable bonds is 7. The van der Waals surface area contributed by atoms with Gasteiger partial charge in [0.2, 0.25) is 5.88 Å². The van der Waals surface area contributed by atoms with Gasteiger partial charge in [-0.15, -0.1) is 0 Å². The van der Waals surface area contributed by atoms with Crippen LogP contribution in [0.15, 0.2) is 34.9 Å². The van der Waals surface area contributed by atoms with Crippen LogP contribution in [0.1, 0.15) is 39.2 Å². The molecule has 0 aromatic heterocycles. The molecule has 150 valence electrons. The highest BCUT2D eigenvalue weighted by Gasteiger charge is 2.37. The van der Waals surface area contributed by atoms with E-state index >= 15 is 0 Å². The van der Waals surface area contributed by atoms with Gasteiger partial charge in [0.1, 0.15) is 17.4 Å². The minimum absolute atomic E-state index is 0.0279. The zero-order valence-electron chi connectivity index (χ0n) is 16.3. The van der Waals surface area contributed by atoms with Crippen molar-refractivity contribution in [1.29, 1.82) is 5.26 Å². The molecule has 0 saturated heterocycles. The predicted octanol–water partition coefficient (Wildman–Crippen LogP) is 3.73. The maximum atomic E-state index is 12.6. The molecule has 1 aromatic rings. The summed E-state index contributed by atoms with van der Waals surface area (Å²) in [5.74, 6) is 0.166. The third-order valence-electron chi connectivity index (χ3n) is 4.05. The van der Waals surface area contributed by atoms with Crippen molar-refractivity contribution in [2.75, 3.05) is 19.8 Å². The Kier molecular flexibility index (Phi) is 7.57. The van der Waals surface area contributed by atoms with Crippen molar-refractivity contribution in [3.8, 4) is 17.6 Å². The van der Waals surface area contributed by atoms with Crippen LogP contribution in [-0.2, 0) is 14.3 Å². The summed E-state index contributed by atoms with van der Waals surface area (Å²) in [5.41, 5.74) is 7.01. The minimum atomic E-state index is -0.721. The largest absolute Gasteiger partial charge is 0.490 e. The molecule has 1 aliphatic heterocycles. The van der Waals surface area contributed by atoms with Gasteiger partial charge >= 0.3 is 5.97 Å². The molecule has 7 nitrogen and oxygen atoms in total. The molecule has 2 N–H and O–H groups in total. The molecule has 0 fully saturated rings. The first-order chi connectivity index (χ1) is 13.4. The Bertz CT molecular complexity index is 870. The lowest BCUT2D eigenvalue weighted by Crippen LogP contribution is -2.25. The SMILES string of the molecule is CCOC(=O)C1=C(C)OC(N)=C(C#N)C1c1cc(I)c(OCC)c(OCC)c1. The Morgan fingerprint density at radius 2 is 1.93 bits per heavy atom. The van der Waals surface area contributed by atoms with Crippen LogP contribution in [0.4, 0.5) is 0 Å². The average Bonchev–Trinajstić information content (AvgIpc) is 2.64. The summed E-state index contributed by atoms with van der Waals surface area (Å²) in [5, 5.41) is 9.69. The minimum Gasteiger partial charge on any atom is -0.490 e. The van der Waals surface area contributed by atoms with E-state index < -0.39 is 11.9 Å². The fourth-order valence-electron chi connectivity index (χ4n) is 2.99. The van der Waals surface area contributed by atoms with Crippen molar-refractivity contribution in [2.24, 2.45) is 5.73 Å². The van der Waals surface area contributed by atoms with Gasteiger partial charge in [-0.05, 0) is 68.0 Å². The Hall–Kier alpha value is -2.41. The first kappa shape index (κ1) is 21.9. The molecular formula is C20H23IN2O5. The topological polar surface area (TPSA) is 104 Å². The smallest absolute Gasteiger partial charge is 0.338 e. The Morgan fingerprint density at radius 1 is 1.25 bits per heavy atom. The number of ether oxygens (including phenoxy) is 4. The second-order valence-corrected chi connectivity index (χ2v) is 6.97. The number of esters is 1. The lowest BCUT2D eigenvalue weighted by molar-refractivity contribution is -0.139. The maximum absolute atomic E-state index is 12.6. The first-order valence-electron chi connectivity index (χ1n) is 8.93. The van der Waals surface area contributed by atoms with Crippen molar-refractivity contribution >= 4 is 28.6 Å². The number of benzene rings is 1. The molecule has 1 unspecified atom stereocenters. The molecule has 8 heteroatoms. The summed E-state index contributed by atoms with van der Waals surface area (Å²) in [6, 6.07) is 5.69. The van der Waals surface area contributed by atoms with Gasteiger partial charge in [0, 0.05) is 0 Å². The van der Waals surface area contributed by atoms with Crippen molar-refractivity contribution in [3.63, 3.8) is 0 Å². The molecule has 2 rings (SSSR count). The number of nitrogens with two attached hydrogens (primary N) is 1.